The Balaban J connectivity index is 1.89. The van der Waals surface area contributed by atoms with Gasteiger partial charge in [0.1, 0.15) is 0 Å². The molecule has 3 nitrogen and oxygen atoms in total. The molecule has 1 saturated heterocycles. The van der Waals surface area contributed by atoms with E-state index in [2.05, 4.69) is 30.7 Å². The minimum absolute atomic E-state index is 0.477. The molecule has 0 amide bonds. The minimum atomic E-state index is 0.477. The average molecular weight is 197 g/mol. The summed E-state index contributed by atoms with van der Waals surface area (Å²) in [6.07, 6.45) is 2.42. The fourth-order valence-electron chi connectivity index (χ4n) is 2.67. The lowest BCUT2D eigenvalue weighted by molar-refractivity contribution is 0.00539. The normalized spacial score (nSPS) is 46.3. The summed E-state index contributed by atoms with van der Waals surface area (Å²) in [5.74, 6) is 0. The van der Waals surface area contributed by atoms with Crippen LogP contribution in [0.4, 0.5) is 0 Å². The van der Waals surface area contributed by atoms with E-state index in [9.17, 15) is 0 Å². The molecule has 1 aliphatic carbocycles. The van der Waals surface area contributed by atoms with Gasteiger partial charge in [-0.15, -0.1) is 0 Å². The number of likely N-dealkylation sites (N-methyl/N-ethyl adjacent to an activating group) is 1. The Kier molecular flexibility index (Phi) is 2.82. The fraction of sp³-hybridized carbons (Fsp3) is 1.00. The molecule has 0 bridgehead atoms. The molecule has 1 aliphatic heterocycles. The van der Waals surface area contributed by atoms with Crippen LogP contribution in [0.5, 0.6) is 0 Å². The highest BCUT2D eigenvalue weighted by atomic mass is 15.3. The summed E-state index contributed by atoms with van der Waals surface area (Å²) in [6.45, 7) is 7.08. The van der Waals surface area contributed by atoms with E-state index in [1.807, 2.05) is 0 Å². The first kappa shape index (κ1) is 10.4. The molecule has 1 saturated carbocycles. The van der Waals surface area contributed by atoms with Crippen molar-refractivity contribution >= 4 is 0 Å². The van der Waals surface area contributed by atoms with Crippen LogP contribution in [-0.4, -0.2) is 54.1 Å². The maximum Gasteiger partial charge on any atom is 0.0195 e. The summed E-state index contributed by atoms with van der Waals surface area (Å²) in [6, 6.07) is 2.64. The van der Waals surface area contributed by atoms with Crippen molar-refractivity contribution in [2.24, 2.45) is 5.73 Å². The quantitative estimate of drug-likeness (QED) is 0.664. The zero-order chi connectivity index (χ0) is 10.3. The van der Waals surface area contributed by atoms with Crippen LogP contribution < -0.4 is 5.73 Å². The highest BCUT2D eigenvalue weighted by Crippen LogP contribution is 2.27. The second-order valence-corrected chi connectivity index (χ2v) is 5.20. The second-order valence-electron chi connectivity index (χ2n) is 5.20. The molecule has 2 aliphatic rings. The van der Waals surface area contributed by atoms with Crippen molar-refractivity contribution in [3.63, 3.8) is 0 Å². The molecule has 2 unspecified atom stereocenters. The van der Waals surface area contributed by atoms with Crippen molar-refractivity contribution in [2.75, 3.05) is 20.1 Å². The first-order valence-electron chi connectivity index (χ1n) is 5.79. The summed E-state index contributed by atoms with van der Waals surface area (Å²) in [7, 11) is 2.24. The molecule has 2 atom stereocenters. The van der Waals surface area contributed by atoms with Gasteiger partial charge in [0.15, 0.2) is 0 Å². The van der Waals surface area contributed by atoms with Gasteiger partial charge in [0, 0.05) is 37.3 Å². The number of piperazine rings is 1. The van der Waals surface area contributed by atoms with Gasteiger partial charge in [-0.3, -0.25) is 9.80 Å². The third-order valence-electron chi connectivity index (χ3n) is 4.05. The summed E-state index contributed by atoms with van der Waals surface area (Å²) in [5, 5.41) is 0. The van der Waals surface area contributed by atoms with Crippen molar-refractivity contribution in [2.45, 2.75) is 50.9 Å². The molecule has 14 heavy (non-hydrogen) atoms. The van der Waals surface area contributed by atoms with Crippen LogP contribution in [0.25, 0.3) is 0 Å². The Hall–Kier alpha value is -0.120. The first-order valence-corrected chi connectivity index (χ1v) is 5.79. The Morgan fingerprint density at radius 2 is 1.57 bits per heavy atom. The zero-order valence-corrected chi connectivity index (χ0v) is 9.61. The molecular weight excluding hydrogens is 174 g/mol. The molecule has 0 radical (unpaired) electrons. The highest BCUT2D eigenvalue weighted by molar-refractivity contribution is 4.94. The van der Waals surface area contributed by atoms with Gasteiger partial charge in [0.2, 0.25) is 0 Å². The van der Waals surface area contributed by atoms with Gasteiger partial charge >= 0.3 is 0 Å². The van der Waals surface area contributed by atoms with Gasteiger partial charge in [-0.25, -0.2) is 0 Å². The van der Waals surface area contributed by atoms with E-state index in [-0.39, 0.29) is 0 Å². The summed E-state index contributed by atoms with van der Waals surface area (Å²) in [5.41, 5.74) is 5.84. The van der Waals surface area contributed by atoms with Crippen molar-refractivity contribution in [3.8, 4) is 0 Å². The number of hydrogen-bond acceptors (Lipinski definition) is 3. The van der Waals surface area contributed by atoms with Gasteiger partial charge in [-0.05, 0) is 33.7 Å². The summed E-state index contributed by atoms with van der Waals surface area (Å²) in [4.78, 5) is 5.12. The van der Waals surface area contributed by atoms with Crippen LogP contribution in [0, 0.1) is 0 Å². The van der Waals surface area contributed by atoms with Crippen LogP contribution in [0.15, 0.2) is 0 Å². The van der Waals surface area contributed by atoms with E-state index in [4.69, 9.17) is 5.73 Å². The number of nitrogens with zero attached hydrogens (tertiary/aromatic N) is 2. The standard InChI is InChI=1S/C11H23N3/c1-8-6-14(7-9(2)13(8)3)11-4-10(12)5-11/h8-11H,4-7,12H2,1-3H3. The minimum Gasteiger partial charge on any atom is -0.328 e. The zero-order valence-electron chi connectivity index (χ0n) is 9.61. The van der Waals surface area contributed by atoms with E-state index < -0.39 is 0 Å². The van der Waals surface area contributed by atoms with Crippen molar-refractivity contribution < 1.29 is 0 Å². The predicted molar refractivity (Wildman–Crippen MR) is 59.3 cm³/mol. The Morgan fingerprint density at radius 3 is 2.00 bits per heavy atom. The van der Waals surface area contributed by atoms with Gasteiger partial charge in [-0.1, -0.05) is 0 Å². The Morgan fingerprint density at radius 1 is 1.07 bits per heavy atom. The van der Waals surface area contributed by atoms with E-state index in [0.717, 1.165) is 6.04 Å². The lowest BCUT2D eigenvalue weighted by atomic mass is 9.85. The van der Waals surface area contributed by atoms with Crippen molar-refractivity contribution in [1.82, 2.24) is 9.80 Å². The fourth-order valence-corrected chi connectivity index (χ4v) is 2.67. The Labute approximate surface area is 87.2 Å². The van der Waals surface area contributed by atoms with E-state index in [0.29, 0.717) is 18.1 Å². The SMILES string of the molecule is CC1CN(C2CC(N)C2)CC(C)N1C. The second kappa shape index (κ2) is 3.80. The van der Waals surface area contributed by atoms with Crippen molar-refractivity contribution in [3.05, 3.63) is 0 Å². The van der Waals surface area contributed by atoms with Gasteiger partial charge in [0.05, 0.1) is 0 Å². The molecule has 0 aromatic rings. The van der Waals surface area contributed by atoms with Crippen LogP contribution >= 0.6 is 0 Å². The molecule has 0 aromatic heterocycles. The van der Waals surface area contributed by atoms with E-state index in [1.165, 1.54) is 25.9 Å². The molecule has 82 valence electrons. The molecular formula is C11H23N3. The van der Waals surface area contributed by atoms with Crippen LogP contribution in [0.1, 0.15) is 26.7 Å². The predicted octanol–water partition coefficient (Wildman–Crippen LogP) is 0.501. The van der Waals surface area contributed by atoms with Gasteiger partial charge < -0.3 is 5.73 Å². The topological polar surface area (TPSA) is 32.5 Å². The molecule has 0 aromatic carbocycles. The number of hydrogen-bond donors (Lipinski definition) is 1. The molecule has 2 fully saturated rings. The van der Waals surface area contributed by atoms with Gasteiger partial charge in [0.25, 0.3) is 0 Å². The monoisotopic (exact) mass is 197 g/mol. The van der Waals surface area contributed by atoms with Crippen LogP contribution in [-0.2, 0) is 0 Å². The summed E-state index contributed by atoms with van der Waals surface area (Å²) < 4.78 is 0. The lowest BCUT2D eigenvalue weighted by Gasteiger charge is -2.49. The average Bonchev–Trinajstić information content (AvgIpc) is 2.08. The van der Waals surface area contributed by atoms with Crippen molar-refractivity contribution in [1.29, 1.82) is 0 Å². The molecule has 0 spiro atoms. The molecule has 3 heteroatoms. The Bertz CT molecular complexity index is 189. The largest absolute Gasteiger partial charge is 0.328 e. The summed E-state index contributed by atoms with van der Waals surface area (Å²) >= 11 is 0. The van der Waals surface area contributed by atoms with E-state index in [1.54, 1.807) is 0 Å². The molecule has 2 N–H and O–H groups in total. The number of nitrogens with two attached hydrogens (primary N) is 1. The van der Waals surface area contributed by atoms with Crippen LogP contribution in [0.2, 0.25) is 0 Å². The maximum absolute atomic E-state index is 5.84. The first-order chi connectivity index (χ1) is 6.58. The van der Waals surface area contributed by atoms with E-state index >= 15 is 0 Å². The molecule has 2 rings (SSSR count). The third kappa shape index (κ3) is 1.81. The highest BCUT2D eigenvalue weighted by Gasteiger charge is 2.36. The van der Waals surface area contributed by atoms with Gasteiger partial charge in [-0.2, -0.15) is 0 Å². The molecule has 1 heterocycles. The van der Waals surface area contributed by atoms with Crippen LogP contribution in [0.3, 0.4) is 0 Å². The lowest BCUT2D eigenvalue weighted by Crippen LogP contribution is -2.61. The maximum atomic E-state index is 5.84. The smallest absolute Gasteiger partial charge is 0.0195 e. The number of rotatable bonds is 1. The third-order valence-corrected chi connectivity index (χ3v) is 4.05.